The maximum atomic E-state index is 11.5. The summed E-state index contributed by atoms with van der Waals surface area (Å²) in [6.45, 7) is 8.34. The van der Waals surface area contributed by atoms with Crippen LogP contribution < -0.4 is 11.1 Å². The molecule has 0 spiro atoms. The standard InChI is InChI=1S/C28H31N3O2/c1-17(2)23-8-6-5-7-21(23)15-18(3)25(32)19-9-11-20(12-10-19)27-30-24-16-22(26(29)33)13-14-28(24,4)31-27/h5-13,15-17,25,32H,14H2,1-4H3,(H2,29,33)(H,30,31)/b18-15+. The number of hydrogen-bond donors (Lipinski definition) is 3. The molecular weight excluding hydrogens is 410 g/mol. The van der Waals surface area contributed by atoms with Crippen molar-refractivity contribution in [2.75, 3.05) is 0 Å². The molecule has 2 atom stereocenters. The van der Waals surface area contributed by atoms with E-state index in [1.54, 1.807) is 6.08 Å². The van der Waals surface area contributed by atoms with Crippen molar-refractivity contribution < 1.29 is 9.90 Å². The maximum absolute atomic E-state index is 11.5. The zero-order chi connectivity index (χ0) is 23.8. The Morgan fingerprint density at radius 1 is 1.18 bits per heavy atom. The van der Waals surface area contributed by atoms with Gasteiger partial charge in [-0.05, 0) is 54.5 Å². The fourth-order valence-electron chi connectivity index (χ4n) is 4.35. The minimum atomic E-state index is -0.692. The summed E-state index contributed by atoms with van der Waals surface area (Å²) in [7, 11) is 0. The summed E-state index contributed by atoms with van der Waals surface area (Å²) >= 11 is 0. The number of nitrogens with zero attached hydrogens (tertiary/aromatic N) is 1. The molecule has 0 saturated carbocycles. The highest BCUT2D eigenvalue weighted by molar-refractivity contribution is 6.03. The van der Waals surface area contributed by atoms with E-state index in [1.807, 2.05) is 56.3 Å². The van der Waals surface area contributed by atoms with Gasteiger partial charge in [-0.15, -0.1) is 0 Å². The quantitative estimate of drug-likeness (QED) is 0.604. The average molecular weight is 442 g/mol. The number of fused-ring (bicyclic) bond motifs is 1. The molecule has 5 heteroatoms. The van der Waals surface area contributed by atoms with Gasteiger partial charge < -0.3 is 16.2 Å². The smallest absolute Gasteiger partial charge is 0.248 e. The van der Waals surface area contributed by atoms with Crippen LogP contribution in [0.2, 0.25) is 0 Å². The third-order valence-electron chi connectivity index (χ3n) is 6.43. The van der Waals surface area contributed by atoms with Crippen LogP contribution in [0.5, 0.6) is 0 Å². The molecule has 0 fully saturated rings. The second-order valence-electron chi connectivity index (χ2n) is 9.34. The highest BCUT2D eigenvalue weighted by Crippen LogP contribution is 2.35. The summed E-state index contributed by atoms with van der Waals surface area (Å²) in [4.78, 5) is 16.4. The summed E-state index contributed by atoms with van der Waals surface area (Å²) in [5.74, 6) is 0.732. The zero-order valence-electron chi connectivity index (χ0n) is 19.6. The molecule has 2 aromatic rings. The maximum Gasteiger partial charge on any atom is 0.248 e. The minimum absolute atomic E-state index is 0.413. The first kappa shape index (κ1) is 22.7. The molecule has 1 aliphatic carbocycles. The number of aliphatic hydroxyl groups is 1. The van der Waals surface area contributed by atoms with Crippen LogP contribution in [0.25, 0.3) is 6.08 Å². The molecule has 1 aliphatic heterocycles. The summed E-state index contributed by atoms with van der Waals surface area (Å²) in [5.41, 5.74) is 11.4. The third kappa shape index (κ3) is 4.55. The van der Waals surface area contributed by atoms with E-state index in [4.69, 9.17) is 10.7 Å². The molecular formula is C28H31N3O2. The number of primary amides is 1. The SMILES string of the molecule is C/C(=C\c1ccccc1C(C)C)C(O)c1ccc(C2=NC3(C)CC=C(C(N)=O)C=C3N2)cc1. The molecule has 2 aromatic carbocycles. The summed E-state index contributed by atoms with van der Waals surface area (Å²) in [6.07, 6.45) is 5.61. The number of aliphatic imine (C=N–C) groups is 1. The topological polar surface area (TPSA) is 87.7 Å². The molecule has 0 aromatic heterocycles. The van der Waals surface area contributed by atoms with Gasteiger partial charge in [0.05, 0.1) is 0 Å². The van der Waals surface area contributed by atoms with Crippen LogP contribution in [0.1, 0.15) is 68.4 Å². The van der Waals surface area contributed by atoms with Crippen LogP contribution in [0.15, 0.2) is 82.5 Å². The Bertz CT molecular complexity index is 1200. The number of nitrogens with one attached hydrogen (secondary N) is 1. The van der Waals surface area contributed by atoms with Gasteiger partial charge in [-0.25, -0.2) is 0 Å². The number of aliphatic hydroxyl groups excluding tert-OH is 1. The van der Waals surface area contributed by atoms with E-state index in [-0.39, 0.29) is 0 Å². The van der Waals surface area contributed by atoms with Crippen LogP contribution in [0, 0.1) is 0 Å². The Hall–Kier alpha value is -3.44. The molecule has 0 saturated heterocycles. The predicted octanol–water partition coefficient (Wildman–Crippen LogP) is 4.75. The van der Waals surface area contributed by atoms with Crippen LogP contribution in [0.3, 0.4) is 0 Å². The van der Waals surface area contributed by atoms with Crippen LogP contribution in [-0.4, -0.2) is 22.4 Å². The molecule has 4 N–H and O–H groups in total. The van der Waals surface area contributed by atoms with Crippen LogP contribution in [0.4, 0.5) is 0 Å². The number of amidine groups is 1. The lowest BCUT2D eigenvalue weighted by molar-refractivity contribution is -0.114. The highest BCUT2D eigenvalue weighted by atomic mass is 16.3. The lowest BCUT2D eigenvalue weighted by Crippen LogP contribution is -2.30. The number of amides is 1. The second kappa shape index (κ2) is 8.83. The number of rotatable bonds is 6. The average Bonchev–Trinajstić information content (AvgIpc) is 3.15. The van der Waals surface area contributed by atoms with E-state index < -0.39 is 17.6 Å². The summed E-state index contributed by atoms with van der Waals surface area (Å²) < 4.78 is 0. The first-order valence-electron chi connectivity index (χ1n) is 11.3. The van der Waals surface area contributed by atoms with Gasteiger partial charge in [0, 0.05) is 16.8 Å². The third-order valence-corrected chi connectivity index (χ3v) is 6.43. The molecule has 1 heterocycles. The highest BCUT2D eigenvalue weighted by Gasteiger charge is 2.37. The lowest BCUT2D eigenvalue weighted by atomic mass is 9.88. The molecule has 170 valence electrons. The van der Waals surface area contributed by atoms with Gasteiger partial charge >= 0.3 is 0 Å². The van der Waals surface area contributed by atoms with Crippen molar-refractivity contribution in [3.63, 3.8) is 0 Å². The number of benzene rings is 2. The van der Waals surface area contributed by atoms with Gasteiger partial charge in [0.1, 0.15) is 17.5 Å². The fourth-order valence-corrected chi connectivity index (χ4v) is 4.35. The van der Waals surface area contributed by atoms with Crippen molar-refractivity contribution in [3.8, 4) is 0 Å². The van der Waals surface area contributed by atoms with Gasteiger partial charge in [0.15, 0.2) is 0 Å². The van der Waals surface area contributed by atoms with Crippen molar-refractivity contribution in [1.82, 2.24) is 5.32 Å². The number of carbonyl (C=O) groups is 1. The van der Waals surface area contributed by atoms with E-state index in [9.17, 15) is 9.90 Å². The largest absolute Gasteiger partial charge is 0.384 e. The van der Waals surface area contributed by atoms with Gasteiger partial charge in [0.2, 0.25) is 5.91 Å². The normalized spacial score (nSPS) is 21.0. The van der Waals surface area contributed by atoms with Crippen molar-refractivity contribution >= 4 is 17.8 Å². The molecule has 1 amide bonds. The van der Waals surface area contributed by atoms with Crippen LogP contribution in [-0.2, 0) is 4.79 Å². The van der Waals surface area contributed by atoms with E-state index in [0.717, 1.165) is 33.8 Å². The Labute approximate surface area is 195 Å². The first-order valence-corrected chi connectivity index (χ1v) is 11.3. The molecule has 5 nitrogen and oxygen atoms in total. The molecule has 33 heavy (non-hydrogen) atoms. The Morgan fingerprint density at radius 3 is 2.55 bits per heavy atom. The first-order chi connectivity index (χ1) is 15.7. The zero-order valence-corrected chi connectivity index (χ0v) is 19.6. The minimum Gasteiger partial charge on any atom is -0.384 e. The van der Waals surface area contributed by atoms with E-state index in [2.05, 4.69) is 37.4 Å². The molecule has 2 aliphatic rings. The van der Waals surface area contributed by atoms with Crippen molar-refractivity contribution in [3.05, 3.63) is 99.8 Å². The molecule has 0 bridgehead atoms. The number of hydrogen-bond acceptors (Lipinski definition) is 4. The number of nitrogens with two attached hydrogens (primary N) is 1. The second-order valence-corrected chi connectivity index (χ2v) is 9.34. The Morgan fingerprint density at radius 2 is 1.88 bits per heavy atom. The van der Waals surface area contributed by atoms with Gasteiger partial charge in [-0.2, -0.15) is 0 Å². The molecule has 0 radical (unpaired) electrons. The van der Waals surface area contributed by atoms with Gasteiger partial charge in [-0.3, -0.25) is 9.79 Å². The summed E-state index contributed by atoms with van der Waals surface area (Å²) in [5, 5.41) is 14.3. The van der Waals surface area contributed by atoms with E-state index in [0.29, 0.717) is 17.9 Å². The van der Waals surface area contributed by atoms with E-state index >= 15 is 0 Å². The van der Waals surface area contributed by atoms with Gasteiger partial charge in [0.25, 0.3) is 0 Å². The number of carbonyl (C=O) groups excluding carboxylic acids is 1. The van der Waals surface area contributed by atoms with Gasteiger partial charge in [-0.1, -0.05) is 74.5 Å². The van der Waals surface area contributed by atoms with Crippen molar-refractivity contribution in [1.29, 1.82) is 0 Å². The van der Waals surface area contributed by atoms with E-state index in [1.165, 1.54) is 5.56 Å². The molecule has 4 rings (SSSR count). The Balaban J connectivity index is 1.53. The van der Waals surface area contributed by atoms with Crippen LogP contribution >= 0.6 is 0 Å². The molecule has 2 unspecified atom stereocenters. The van der Waals surface area contributed by atoms with Crippen molar-refractivity contribution in [2.45, 2.75) is 51.7 Å². The lowest BCUT2D eigenvalue weighted by Gasteiger charge is -2.24. The monoisotopic (exact) mass is 441 g/mol. The fraction of sp³-hybridized carbons (Fsp3) is 0.286. The summed E-state index contributed by atoms with van der Waals surface area (Å²) in [6, 6.07) is 16.1. The van der Waals surface area contributed by atoms with Crippen molar-refractivity contribution in [2.24, 2.45) is 10.7 Å². The predicted molar refractivity (Wildman–Crippen MR) is 134 cm³/mol. The Kier molecular flexibility index (Phi) is 6.09.